The summed E-state index contributed by atoms with van der Waals surface area (Å²) in [6.07, 6.45) is 2.04. The first-order valence-corrected chi connectivity index (χ1v) is 11.4. The van der Waals surface area contributed by atoms with Crippen LogP contribution in [-0.2, 0) is 14.8 Å². The van der Waals surface area contributed by atoms with Crippen molar-refractivity contribution in [2.75, 3.05) is 56.4 Å². The van der Waals surface area contributed by atoms with E-state index in [0.29, 0.717) is 30.9 Å². The number of likely N-dealkylation sites (N-methyl/N-ethyl adjacent to an activating group) is 1. The van der Waals surface area contributed by atoms with E-state index in [2.05, 4.69) is 11.8 Å². The SMILES string of the molecule is CCOc1ccc(N(CCCC(=O)N2CCN(CC)CC2)S(C)(=O)=O)cc1. The summed E-state index contributed by atoms with van der Waals surface area (Å²) in [6, 6.07) is 6.99. The number of ether oxygens (including phenoxy) is 1. The highest BCUT2D eigenvalue weighted by atomic mass is 32.2. The predicted molar refractivity (Wildman–Crippen MR) is 108 cm³/mol. The summed E-state index contributed by atoms with van der Waals surface area (Å²) in [4.78, 5) is 16.6. The number of carbonyl (C=O) groups is 1. The molecule has 2 rings (SSSR count). The first-order chi connectivity index (χ1) is 12.8. The third kappa shape index (κ3) is 6.39. The van der Waals surface area contributed by atoms with Crippen molar-refractivity contribution in [3.8, 4) is 5.75 Å². The first-order valence-electron chi connectivity index (χ1n) is 9.55. The van der Waals surface area contributed by atoms with E-state index in [-0.39, 0.29) is 12.5 Å². The molecule has 0 spiro atoms. The van der Waals surface area contributed by atoms with Gasteiger partial charge in [-0.25, -0.2) is 8.42 Å². The molecule has 0 bridgehead atoms. The number of nitrogens with zero attached hydrogens (tertiary/aromatic N) is 3. The average Bonchev–Trinajstić information content (AvgIpc) is 2.65. The summed E-state index contributed by atoms with van der Waals surface area (Å²) in [5, 5.41) is 0. The second kappa shape index (κ2) is 9.94. The molecule has 1 aliphatic heterocycles. The van der Waals surface area contributed by atoms with E-state index in [1.165, 1.54) is 10.6 Å². The van der Waals surface area contributed by atoms with Gasteiger partial charge in [0.25, 0.3) is 0 Å². The van der Waals surface area contributed by atoms with Crippen LogP contribution in [-0.4, -0.2) is 76.3 Å². The molecule has 8 heteroatoms. The van der Waals surface area contributed by atoms with Gasteiger partial charge in [-0.3, -0.25) is 9.10 Å². The molecule has 0 aromatic heterocycles. The number of piperazine rings is 1. The van der Waals surface area contributed by atoms with Crippen LogP contribution in [0.2, 0.25) is 0 Å². The van der Waals surface area contributed by atoms with Crippen molar-refractivity contribution in [1.29, 1.82) is 0 Å². The van der Waals surface area contributed by atoms with Crippen LogP contribution in [0.3, 0.4) is 0 Å². The van der Waals surface area contributed by atoms with Crippen LogP contribution >= 0.6 is 0 Å². The number of hydrogen-bond acceptors (Lipinski definition) is 5. The minimum Gasteiger partial charge on any atom is -0.494 e. The number of benzene rings is 1. The Morgan fingerprint density at radius 2 is 1.74 bits per heavy atom. The third-order valence-electron chi connectivity index (χ3n) is 4.76. The highest BCUT2D eigenvalue weighted by molar-refractivity contribution is 7.92. The standard InChI is InChI=1S/C19H31N3O4S/c1-4-20-13-15-21(16-14-20)19(23)7-6-12-22(27(3,24)25)17-8-10-18(11-9-17)26-5-2/h8-11H,4-7,12-16H2,1-3H3. The summed E-state index contributed by atoms with van der Waals surface area (Å²) in [6.45, 7) is 9.19. The summed E-state index contributed by atoms with van der Waals surface area (Å²) in [5.41, 5.74) is 0.588. The van der Waals surface area contributed by atoms with E-state index in [4.69, 9.17) is 4.74 Å². The van der Waals surface area contributed by atoms with Crippen LogP contribution in [0.1, 0.15) is 26.7 Å². The average molecular weight is 398 g/mol. The van der Waals surface area contributed by atoms with E-state index < -0.39 is 10.0 Å². The monoisotopic (exact) mass is 397 g/mol. The van der Waals surface area contributed by atoms with Crippen LogP contribution in [0.4, 0.5) is 5.69 Å². The van der Waals surface area contributed by atoms with Crippen molar-refractivity contribution in [3.05, 3.63) is 24.3 Å². The topological polar surface area (TPSA) is 70.2 Å². The fourth-order valence-electron chi connectivity index (χ4n) is 3.21. The zero-order valence-corrected chi connectivity index (χ0v) is 17.4. The molecule has 0 saturated carbocycles. The first kappa shape index (κ1) is 21.5. The van der Waals surface area contributed by atoms with E-state index in [1.54, 1.807) is 24.3 Å². The largest absolute Gasteiger partial charge is 0.494 e. The van der Waals surface area contributed by atoms with Gasteiger partial charge in [0.15, 0.2) is 0 Å². The molecule has 1 amide bonds. The van der Waals surface area contributed by atoms with Gasteiger partial charge >= 0.3 is 0 Å². The van der Waals surface area contributed by atoms with Crippen LogP contribution < -0.4 is 9.04 Å². The van der Waals surface area contributed by atoms with Crippen LogP contribution in [0, 0.1) is 0 Å². The molecule has 0 aliphatic carbocycles. The van der Waals surface area contributed by atoms with E-state index in [9.17, 15) is 13.2 Å². The van der Waals surface area contributed by atoms with Crippen LogP contribution in [0.5, 0.6) is 5.75 Å². The van der Waals surface area contributed by atoms with Gasteiger partial charge in [-0.05, 0) is 44.2 Å². The molecule has 1 saturated heterocycles. The van der Waals surface area contributed by atoms with Gasteiger partial charge in [0.05, 0.1) is 18.6 Å². The Balaban J connectivity index is 1.90. The Labute approximate surface area is 162 Å². The molecule has 152 valence electrons. The number of sulfonamides is 1. The molecule has 7 nitrogen and oxygen atoms in total. The fraction of sp³-hybridized carbons (Fsp3) is 0.632. The Morgan fingerprint density at radius 1 is 1.11 bits per heavy atom. The van der Waals surface area contributed by atoms with E-state index in [0.717, 1.165) is 32.7 Å². The second-order valence-corrected chi connectivity index (χ2v) is 8.59. The maximum absolute atomic E-state index is 12.4. The lowest BCUT2D eigenvalue weighted by atomic mass is 10.2. The van der Waals surface area contributed by atoms with Crippen molar-refractivity contribution in [2.45, 2.75) is 26.7 Å². The Morgan fingerprint density at radius 3 is 2.26 bits per heavy atom. The summed E-state index contributed by atoms with van der Waals surface area (Å²) >= 11 is 0. The maximum Gasteiger partial charge on any atom is 0.232 e. The predicted octanol–water partition coefficient (Wildman–Crippen LogP) is 1.80. The van der Waals surface area contributed by atoms with Crippen molar-refractivity contribution in [1.82, 2.24) is 9.80 Å². The number of hydrogen-bond donors (Lipinski definition) is 0. The van der Waals surface area contributed by atoms with Crippen molar-refractivity contribution in [3.63, 3.8) is 0 Å². The molecular weight excluding hydrogens is 366 g/mol. The van der Waals surface area contributed by atoms with Crippen LogP contribution in [0.25, 0.3) is 0 Å². The van der Waals surface area contributed by atoms with Gasteiger partial charge in [0, 0.05) is 39.1 Å². The number of amides is 1. The van der Waals surface area contributed by atoms with Gasteiger partial charge in [-0.1, -0.05) is 6.92 Å². The molecule has 1 heterocycles. The quantitative estimate of drug-likeness (QED) is 0.635. The highest BCUT2D eigenvalue weighted by Crippen LogP contribution is 2.22. The molecule has 0 atom stereocenters. The van der Waals surface area contributed by atoms with Gasteiger partial charge in [-0.2, -0.15) is 0 Å². The smallest absolute Gasteiger partial charge is 0.232 e. The van der Waals surface area contributed by atoms with E-state index in [1.807, 2.05) is 11.8 Å². The van der Waals surface area contributed by atoms with Gasteiger partial charge in [-0.15, -0.1) is 0 Å². The fourth-order valence-corrected chi connectivity index (χ4v) is 4.17. The molecule has 27 heavy (non-hydrogen) atoms. The highest BCUT2D eigenvalue weighted by Gasteiger charge is 2.21. The number of rotatable bonds is 9. The lowest BCUT2D eigenvalue weighted by Crippen LogP contribution is -2.48. The van der Waals surface area contributed by atoms with Gasteiger partial charge in [0.1, 0.15) is 5.75 Å². The van der Waals surface area contributed by atoms with Crippen molar-refractivity contribution >= 4 is 21.6 Å². The molecule has 1 aromatic carbocycles. The Hall–Kier alpha value is -1.80. The number of anilines is 1. The molecule has 0 unspecified atom stereocenters. The second-order valence-electron chi connectivity index (χ2n) is 6.68. The Kier molecular flexibility index (Phi) is 7.91. The summed E-state index contributed by atoms with van der Waals surface area (Å²) in [7, 11) is -3.42. The minimum absolute atomic E-state index is 0.103. The molecule has 1 aliphatic rings. The normalized spacial score (nSPS) is 15.6. The number of carbonyl (C=O) groups excluding carboxylic acids is 1. The van der Waals surface area contributed by atoms with Gasteiger partial charge in [0.2, 0.25) is 15.9 Å². The van der Waals surface area contributed by atoms with Crippen molar-refractivity contribution in [2.24, 2.45) is 0 Å². The zero-order chi connectivity index (χ0) is 19.9. The van der Waals surface area contributed by atoms with Crippen molar-refractivity contribution < 1.29 is 17.9 Å². The zero-order valence-electron chi connectivity index (χ0n) is 16.6. The van der Waals surface area contributed by atoms with Crippen LogP contribution in [0.15, 0.2) is 24.3 Å². The van der Waals surface area contributed by atoms with E-state index >= 15 is 0 Å². The molecular formula is C19H31N3O4S. The minimum atomic E-state index is -3.42. The maximum atomic E-state index is 12.4. The molecule has 0 N–H and O–H groups in total. The summed E-state index contributed by atoms with van der Waals surface area (Å²) in [5.74, 6) is 0.807. The third-order valence-corrected chi connectivity index (χ3v) is 5.95. The summed E-state index contributed by atoms with van der Waals surface area (Å²) < 4.78 is 31.1. The lowest BCUT2D eigenvalue weighted by molar-refractivity contribution is -0.132. The Bertz CT molecular complexity index is 698. The lowest BCUT2D eigenvalue weighted by Gasteiger charge is -2.34. The molecule has 0 radical (unpaired) electrons. The molecule has 1 aromatic rings. The molecule has 1 fully saturated rings. The van der Waals surface area contributed by atoms with Gasteiger partial charge < -0.3 is 14.5 Å².